The molecule has 2 N–H and O–H groups in total. The van der Waals surface area contributed by atoms with Gasteiger partial charge in [0.2, 0.25) is 0 Å². The van der Waals surface area contributed by atoms with Crippen molar-refractivity contribution in [3.05, 3.63) is 35.9 Å². The van der Waals surface area contributed by atoms with Crippen molar-refractivity contribution in [2.45, 2.75) is 25.7 Å². The van der Waals surface area contributed by atoms with Gasteiger partial charge in [-0.25, -0.2) is 0 Å². The first-order chi connectivity index (χ1) is 6.74. The second-order valence-electron chi connectivity index (χ2n) is 3.35. The van der Waals surface area contributed by atoms with Crippen molar-refractivity contribution in [3.63, 3.8) is 0 Å². The van der Waals surface area contributed by atoms with Gasteiger partial charge >= 0.3 is 0 Å². The minimum Gasteiger partial charge on any atom is -0.372 e. The zero-order valence-corrected chi connectivity index (χ0v) is 9.28. The smallest absolute Gasteiger partial charge is 0.0721 e. The first kappa shape index (κ1) is 11.6. The number of rotatable bonds is 5. The van der Waals surface area contributed by atoms with Crippen LogP contribution in [0.4, 0.5) is 0 Å². The highest BCUT2D eigenvalue weighted by atomic mass is 32.1. The molecule has 0 fully saturated rings. The third-order valence-corrected chi connectivity index (χ3v) is 2.59. The molecule has 3 heteroatoms. The second-order valence-corrected chi connectivity index (χ2v) is 3.71. The number of hydrogen-bond donors (Lipinski definition) is 2. The number of benzene rings is 1. The average Bonchev–Trinajstić information content (AvgIpc) is 2.26. The highest BCUT2D eigenvalue weighted by molar-refractivity contribution is 7.80. The Morgan fingerprint density at radius 1 is 1.36 bits per heavy atom. The lowest BCUT2D eigenvalue weighted by molar-refractivity contribution is 0.0408. The van der Waals surface area contributed by atoms with E-state index in [1.807, 2.05) is 37.3 Å². The molecule has 0 radical (unpaired) electrons. The van der Waals surface area contributed by atoms with Gasteiger partial charge in [0.1, 0.15) is 0 Å². The molecule has 0 heterocycles. The molecule has 78 valence electrons. The minimum atomic E-state index is 0.00189. The number of thiol groups is 1. The topological polar surface area (TPSA) is 35.2 Å². The van der Waals surface area contributed by atoms with Crippen molar-refractivity contribution >= 4 is 12.6 Å². The van der Waals surface area contributed by atoms with Gasteiger partial charge in [-0.2, -0.15) is 12.6 Å². The summed E-state index contributed by atoms with van der Waals surface area (Å²) in [6, 6.07) is 10.1. The van der Waals surface area contributed by atoms with Gasteiger partial charge in [-0.1, -0.05) is 30.3 Å². The molecular formula is C11H17NOS. The SMILES string of the molecule is CC(OCc1ccccc1)C(N)CS. The molecule has 0 bridgehead atoms. The Balaban J connectivity index is 2.34. The van der Waals surface area contributed by atoms with E-state index < -0.39 is 0 Å². The molecule has 0 aromatic heterocycles. The maximum absolute atomic E-state index is 5.78. The molecule has 1 rings (SSSR count). The number of hydrogen-bond acceptors (Lipinski definition) is 3. The van der Waals surface area contributed by atoms with Crippen LogP contribution in [0.3, 0.4) is 0 Å². The highest BCUT2D eigenvalue weighted by Crippen LogP contribution is 2.05. The van der Waals surface area contributed by atoms with Crippen molar-refractivity contribution in [3.8, 4) is 0 Å². The van der Waals surface area contributed by atoms with Crippen LogP contribution in [0.1, 0.15) is 12.5 Å². The maximum atomic E-state index is 5.78. The lowest BCUT2D eigenvalue weighted by atomic mass is 10.2. The van der Waals surface area contributed by atoms with Crippen LogP contribution < -0.4 is 5.73 Å². The van der Waals surface area contributed by atoms with Crippen molar-refractivity contribution in [1.82, 2.24) is 0 Å². The van der Waals surface area contributed by atoms with E-state index >= 15 is 0 Å². The predicted octanol–water partition coefficient (Wildman–Crippen LogP) is 1.85. The van der Waals surface area contributed by atoms with Crippen LogP contribution in [0.2, 0.25) is 0 Å². The van der Waals surface area contributed by atoms with E-state index in [2.05, 4.69) is 12.6 Å². The number of nitrogens with two attached hydrogens (primary N) is 1. The molecule has 0 saturated heterocycles. The first-order valence-corrected chi connectivity index (χ1v) is 5.39. The van der Waals surface area contributed by atoms with E-state index in [4.69, 9.17) is 10.5 Å². The van der Waals surface area contributed by atoms with E-state index in [1.54, 1.807) is 0 Å². The summed E-state index contributed by atoms with van der Waals surface area (Å²) in [5, 5.41) is 0. The van der Waals surface area contributed by atoms with E-state index in [0.717, 1.165) is 0 Å². The minimum absolute atomic E-state index is 0.00189. The van der Waals surface area contributed by atoms with Crippen LogP contribution in [0.5, 0.6) is 0 Å². The third kappa shape index (κ3) is 3.70. The van der Waals surface area contributed by atoms with Gasteiger partial charge in [0.25, 0.3) is 0 Å². The van der Waals surface area contributed by atoms with Crippen molar-refractivity contribution in [1.29, 1.82) is 0 Å². The summed E-state index contributed by atoms with van der Waals surface area (Å²) in [5.74, 6) is 0.649. The summed E-state index contributed by atoms with van der Waals surface area (Å²) >= 11 is 4.13. The molecule has 1 aromatic rings. The molecule has 0 aliphatic rings. The van der Waals surface area contributed by atoms with Crippen LogP contribution in [0.25, 0.3) is 0 Å². The van der Waals surface area contributed by atoms with Gasteiger partial charge < -0.3 is 10.5 Å². The molecule has 0 aliphatic carbocycles. The Bertz CT molecular complexity index is 253. The van der Waals surface area contributed by atoms with Crippen LogP contribution in [0, 0.1) is 0 Å². The molecular weight excluding hydrogens is 194 g/mol. The van der Waals surface area contributed by atoms with Gasteiger partial charge in [0.15, 0.2) is 0 Å². The summed E-state index contributed by atoms with van der Waals surface area (Å²) < 4.78 is 5.61. The van der Waals surface area contributed by atoms with Gasteiger partial charge in [-0.05, 0) is 12.5 Å². The quantitative estimate of drug-likeness (QED) is 0.729. The molecule has 2 atom stereocenters. The second kappa shape index (κ2) is 6.06. The summed E-state index contributed by atoms with van der Waals surface area (Å²) in [7, 11) is 0. The first-order valence-electron chi connectivity index (χ1n) is 4.76. The zero-order chi connectivity index (χ0) is 10.4. The van der Waals surface area contributed by atoms with Gasteiger partial charge in [0.05, 0.1) is 12.7 Å². The maximum Gasteiger partial charge on any atom is 0.0721 e. The van der Waals surface area contributed by atoms with Gasteiger partial charge in [-0.3, -0.25) is 0 Å². The fraction of sp³-hybridized carbons (Fsp3) is 0.455. The Morgan fingerprint density at radius 2 is 2.00 bits per heavy atom. The van der Waals surface area contributed by atoms with E-state index in [0.29, 0.717) is 12.4 Å². The van der Waals surface area contributed by atoms with Crippen LogP contribution in [-0.4, -0.2) is 17.9 Å². The number of ether oxygens (including phenoxy) is 1. The molecule has 0 saturated carbocycles. The van der Waals surface area contributed by atoms with Crippen LogP contribution >= 0.6 is 12.6 Å². The van der Waals surface area contributed by atoms with Gasteiger partial charge in [-0.15, -0.1) is 0 Å². The summed E-state index contributed by atoms with van der Waals surface area (Å²) in [5.41, 5.74) is 6.95. The average molecular weight is 211 g/mol. The van der Waals surface area contributed by atoms with Crippen LogP contribution in [0.15, 0.2) is 30.3 Å². The van der Waals surface area contributed by atoms with Crippen molar-refractivity contribution in [2.75, 3.05) is 5.75 Å². The molecule has 0 amide bonds. The Kier molecular flexibility index (Phi) is 5.01. The van der Waals surface area contributed by atoms with Crippen molar-refractivity contribution in [2.24, 2.45) is 5.73 Å². The summed E-state index contributed by atoms with van der Waals surface area (Å²) in [4.78, 5) is 0. The molecule has 14 heavy (non-hydrogen) atoms. The summed E-state index contributed by atoms with van der Waals surface area (Å²) in [6.07, 6.45) is 0.0488. The zero-order valence-electron chi connectivity index (χ0n) is 8.39. The standard InChI is InChI=1S/C11H17NOS/c1-9(11(12)8-14)13-7-10-5-3-2-4-6-10/h2-6,9,11,14H,7-8,12H2,1H3. The molecule has 2 unspecified atom stereocenters. The van der Waals surface area contributed by atoms with Crippen molar-refractivity contribution < 1.29 is 4.74 Å². The Hall–Kier alpha value is -0.510. The Labute approximate surface area is 90.9 Å². The fourth-order valence-corrected chi connectivity index (χ4v) is 1.37. The largest absolute Gasteiger partial charge is 0.372 e. The fourth-order valence-electron chi connectivity index (χ4n) is 1.07. The third-order valence-electron chi connectivity index (χ3n) is 2.17. The van der Waals surface area contributed by atoms with E-state index in [-0.39, 0.29) is 12.1 Å². The lowest BCUT2D eigenvalue weighted by Crippen LogP contribution is -2.36. The molecule has 1 aromatic carbocycles. The van der Waals surface area contributed by atoms with E-state index in [9.17, 15) is 0 Å². The predicted molar refractivity (Wildman–Crippen MR) is 62.5 cm³/mol. The highest BCUT2D eigenvalue weighted by Gasteiger charge is 2.10. The summed E-state index contributed by atoms with van der Waals surface area (Å²) in [6.45, 7) is 2.59. The normalized spacial score (nSPS) is 15.1. The lowest BCUT2D eigenvalue weighted by Gasteiger charge is -2.18. The van der Waals surface area contributed by atoms with E-state index in [1.165, 1.54) is 5.56 Å². The Morgan fingerprint density at radius 3 is 2.57 bits per heavy atom. The molecule has 0 aliphatic heterocycles. The molecule has 2 nitrogen and oxygen atoms in total. The van der Waals surface area contributed by atoms with Crippen LogP contribution in [-0.2, 0) is 11.3 Å². The molecule has 0 spiro atoms. The van der Waals surface area contributed by atoms with Gasteiger partial charge in [0, 0.05) is 11.8 Å². The monoisotopic (exact) mass is 211 g/mol.